The molecule has 10 N–H and O–H groups in total. The van der Waals surface area contributed by atoms with Crippen molar-refractivity contribution in [1.82, 2.24) is 10.6 Å². The number of hydrogen-bond donors (Lipinski definition) is 6. The second-order valence-electron chi connectivity index (χ2n) is 7.63. The van der Waals surface area contributed by atoms with Gasteiger partial charge in [0.25, 0.3) is 0 Å². The maximum atomic E-state index is 11.8. The van der Waals surface area contributed by atoms with E-state index in [0.717, 1.165) is 77.3 Å². The lowest BCUT2D eigenvalue weighted by Crippen LogP contribution is -2.41. The van der Waals surface area contributed by atoms with E-state index >= 15 is 0 Å². The third-order valence-corrected chi connectivity index (χ3v) is 4.79. The number of amides is 2. The van der Waals surface area contributed by atoms with Gasteiger partial charge < -0.3 is 33.6 Å². The van der Waals surface area contributed by atoms with Crippen molar-refractivity contribution in [2.45, 2.75) is 89.1 Å². The molecule has 0 saturated carbocycles. The fraction of sp³-hybridized carbons (Fsp3) is 0.900. The highest BCUT2D eigenvalue weighted by Gasteiger charge is 2.11. The number of primary amides is 1. The molecule has 28 heavy (non-hydrogen) atoms. The van der Waals surface area contributed by atoms with Crippen LogP contribution in [-0.4, -0.2) is 50.1 Å². The Morgan fingerprint density at radius 3 is 2.14 bits per heavy atom. The van der Waals surface area contributed by atoms with Crippen LogP contribution in [0.1, 0.15) is 77.0 Å². The van der Waals surface area contributed by atoms with E-state index in [1.165, 1.54) is 0 Å². The van der Waals surface area contributed by atoms with Crippen LogP contribution in [0.2, 0.25) is 0 Å². The van der Waals surface area contributed by atoms with E-state index in [1.807, 2.05) is 0 Å². The van der Waals surface area contributed by atoms with Crippen LogP contribution < -0.4 is 33.6 Å². The quantitative estimate of drug-likeness (QED) is 0.163. The van der Waals surface area contributed by atoms with Crippen LogP contribution in [0, 0.1) is 0 Å². The molecular formula is C20H44N6O2. The molecule has 0 aliphatic carbocycles. The summed E-state index contributed by atoms with van der Waals surface area (Å²) in [7, 11) is 0. The lowest BCUT2D eigenvalue weighted by molar-refractivity contribution is -0.122. The predicted octanol–water partition coefficient (Wildman–Crippen LogP) is 0.472. The van der Waals surface area contributed by atoms with Crippen LogP contribution >= 0.6 is 0 Å². The first-order valence-electron chi connectivity index (χ1n) is 10.9. The summed E-state index contributed by atoms with van der Waals surface area (Å²) in [4.78, 5) is 22.5. The third kappa shape index (κ3) is 18.2. The SMILES string of the molecule is NCCCCC(N)C(=O)NCCCCC(N)CNCCCCCCCC(N)=O. The van der Waals surface area contributed by atoms with E-state index in [2.05, 4.69) is 10.6 Å². The molecule has 0 radical (unpaired) electrons. The summed E-state index contributed by atoms with van der Waals surface area (Å²) in [6.45, 7) is 3.09. The molecule has 0 rings (SSSR count). The second kappa shape index (κ2) is 19.1. The Morgan fingerprint density at radius 1 is 0.786 bits per heavy atom. The minimum absolute atomic E-state index is 0.0717. The molecule has 8 heteroatoms. The first-order valence-corrected chi connectivity index (χ1v) is 10.9. The van der Waals surface area contributed by atoms with Crippen molar-refractivity contribution in [2.24, 2.45) is 22.9 Å². The van der Waals surface area contributed by atoms with Gasteiger partial charge in [0.1, 0.15) is 0 Å². The monoisotopic (exact) mass is 400 g/mol. The van der Waals surface area contributed by atoms with Gasteiger partial charge in [-0.25, -0.2) is 0 Å². The Labute approximate surface area is 170 Å². The highest BCUT2D eigenvalue weighted by atomic mass is 16.2. The van der Waals surface area contributed by atoms with Gasteiger partial charge in [0.05, 0.1) is 6.04 Å². The van der Waals surface area contributed by atoms with E-state index in [1.54, 1.807) is 0 Å². The van der Waals surface area contributed by atoms with Gasteiger partial charge in [0.15, 0.2) is 0 Å². The summed E-state index contributed by atoms with van der Waals surface area (Å²) in [5.74, 6) is -0.280. The first-order chi connectivity index (χ1) is 13.5. The first kappa shape index (κ1) is 26.8. The predicted molar refractivity (Wildman–Crippen MR) is 115 cm³/mol. The molecule has 0 heterocycles. The van der Waals surface area contributed by atoms with E-state index < -0.39 is 6.04 Å². The summed E-state index contributed by atoms with van der Waals surface area (Å²) in [5.41, 5.74) is 22.5. The zero-order valence-corrected chi connectivity index (χ0v) is 17.6. The molecule has 0 bridgehead atoms. The number of unbranched alkanes of at least 4 members (excludes halogenated alkanes) is 6. The lowest BCUT2D eigenvalue weighted by Gasteiger charge is -2.14. The number of nitrogens with one attached hydrogen (secondary N) is 2. The number of rotatable bonds is 20. The molecule has 0 aromatic rings. The molecule has 2 atom stereocenters. The Bertz CT molecular complexity index is 395. The summed E-state index contributed by atoms with van der Waals surface area (Å²) in [5, 5.41) is 6.29. The average Bonchev–Trinajstić information content (AvgIpc) is 2.66. The Hall–Kier alpha value is -1.22. The summed E-state index contributed by atoms with van der Waals surface area (Å²) in [6, 6.07) is -0.286. The number of carbonyl (C=O) groups excluding carboxylic acids is 2. The van der Waals surface area contributed by atoms with Crippen molar-refractivity contribution >= 4 is 11.8 Å². The van der Waals surface area contributed by atoms with E-state index in [9.17, 15) is 9.59 Å². The summed E-state index contributed by atoms with van der Waals surface area (Å²) < 4.78 is 0. The molecule has 8 nitrogen and oxygen atoms in total. The van der Waals surface area contributed by atoms with Gasteiger partial charge in [-0.15, -0.1) is 0 Å². The van der Waals surface area contributed by atoms with Gasteiger partial charge in [-0.1, -0.05) is 32.1 Å². The number of nitrogens with two attached hydrogens (primary N) is 4. The number of hydrogen-bond acceptors (Lipinski definition) is 6. The average molecular weight is 401 g/mol. The van der Waals surface area contributed by atoms with Crippen molar-refractivity contribution < 1.29 is 9.59 Å². The van der Waals surface area contributed by atoms with E-state index in [-0.39, 0.29) is 17.9 Å². The molecule has 0 aliphatic rings. The van der Waals surface area contributed by atoms with Crippen LogP contribution in [0.5, 0.6) is 0 Å². The molecule has 2 amide bonds. The van der Waals surface area contributed by atoms with Crippen LogP contribution in [0.4, 0.5) is 0 Å². The fourth-order valence-corrected chi connectivity index (χ4v) is 2.98. The van der Waals surface area contributed by atoms with Crippen molar-refractivity contribution in [3.63, 3.8) is 0 Å². The number of carbonyl (C=O) groups is 2. The molecule has 0 aliphatic heterocycles. The standard InChI is InChI=1S/C20H44N6O2/c21-13-7-5-11-18(23)20(28)26-15-9-6-10-17(22)16-25-14-8-3-1-2-4-12-19(24)27/h17-18,25H,1-16,21-23H2,(H2,24,27)(H,26,28). The Balaban J connectivity index is 3.40. The maximum absolute atomic E-state index is 11.8. The van der Waals surface area contributed by atoms with Crippen LogP contribution in [0.3, 0.4) is 0 Å². The molecule has 0 saturated heterocycles. The summed E-state index contributed by atoms with van der Waals surface area (Å²) >= 11 is 0. The van der Waals surface area contributed by atoms with Crippen LogP contribution in [0.25, 0.3) is 0 Å². The minimum Gasteiger partial charge on any atom is -0.370 e. The van der Waals surface area contributed by atoms with Gasteiger partial charge in [0, 0.05) is 25.6 Å². The smallest absolute Gasteiger partial charge is 0.236 e. The fourth-order valence-electron chi connectivity index (χ4n) is 2.98. The molecule has 0 spiro atoms. The molecule has 0 aromatic carbocycles. The van der Waals surface area contributed by atoms with E-state index in [4.69, 9.17) is 22.9 Å². The normalized spacial score (nSPS) is 13.2. The largest absolute Gasteiger partial charge is 0.370 e. The zero-order valence-electron chi connectivity index (χ0n) is 17.6. The lowest BCUT2D eigenvalue weighted by atomic mass is 10.1. The topological polar surface area (TPSA) is 162 Å². The molecule has 166 valence electrons. The second-order valence-corrected chi connectivity index (χ2v) is 7.63. The molecule has 0 aromatic heterocycles. The van der Waals surface area contributed by atoms with Gasteiger partial charge in [-0.2, -0.15) is 0 Å². The molecule has 0 fully saturated rings. The maximum Gasteiger partial charge on any atom is 0.236 e. The van der Waals surface area contributed by atoms with Crippen LogP contribution in [-0.2, 0) is 9.59 Å². The van der Waals surface area contributed by atoms with Gasteiger partial charge >= 0.3 is 0 Å². The highest BCUT2D eigenvalue weighted by molar-refractivity contribution is 5.81. The minimum atomic E-state index is -0.429. The van der Waals surface area contributed by atoms with Crippen molar-refractivity contribution in [1.29, 1.82) is 0 Å². The third-order valence-electron chi connectivity index (χ3n) is 4.79. The summed E-state index contributed by atoms with van der Waals surface area (Å²) in [6.07, 6.45) is 11.2. The Morgan fingerprint density at radius 2 is 1.43 bits per heavy atom. The highest BCUT2D eigenvalue weighted by Crippen LogP contribution is 2.04. The Kier molecular flexibility index (Phi) is 18.3. The van der Waals surface area contributed by atoms with Gasteiger partial charge in [0.2, 0.25) is 11.8 Å². The van der Waals surface area contributed by atoms with Crippen molar-refractivity contribution in [3.8, 4) is 0 Å². The molecule has 2 unspecified atom stereocenters. The van der Waals surface area contributed by atoms with Gasteiger partial charge in [-0.05, 0) is 51.6 Å². The molecular weight excluding hydrogens is 356 g/mol. The zero-order chi connectivity index (χ0) is 21.0. The van der Waals surface area contributed by atoms with Crippen molar-refractivity contribution in [3.05, 3.63) is 0 Å². The van der Waals surface area contributed by atoms with E-state index in [0.29, 0.717) is 25.9 Å². The van der Waals surface area contributed by atoms with Gasteiger partial charge in [-0.3, -0.25) is 9.59 Å². The van der Waals surface area contributed by atoms with Crippen molar-refractivity contribution in [2.75, 3.05) is 26.2 Å². The van der Waals surface area contributed by atoms with Crippen LogP contribution in [0.15, 0.2) is 0 Å².